The number of fused-ring (bicyclic) bond motifs is 1. The minimum atomic E-state index is -0.367. The molecule has 0 atom stereocenters. The largest absolute Gasteiger partial charge is 0.494 e. The van der Waals surface area contributed by atoms with Crippen molar-refractivity contribution in [2.75, 3.05) is 26.2 Å². The molecule has 8 heteroatoms. The van der Waals surface area contributed by atoms with Gasteiger partial charge in [0.1, 0.15) is 17.0 Å². The zero-order valence-electron chi connectivity index (χ0n) is 20.5. The van der Waals surface area contributed by atoms with Crippen LogP contribution in [0.5, 0.6) is 5.75 Å². The minimum absolute atomic E-state index is 0.282. The van der Waals surface area contributed by atoms with E-state index in [1.165, 1.54) is 6.07 Å². The molecule has 5 rings (SSSR count). The van der Waals surface area contributed by atoms with Gasteiger partial charge in [-0.25, -0.2) is 9.07 Å². The van der Waals surface area contributed by atoms with Crippen molar-refractivity contribution in [2.24, 2.45) is 0 Å². The molecular weight excluding hydrogens is 443 g/mol. The van der Waals surface area contributed by atoms with E-state index in [9.17, 15) is 4.39 Å². The number of likely N-dealkylation sites (tertiary alicyclic amines) is 1. The highest BCUT2D eigenvalue weighted by Crippen LogP contribution is 2.34. The third kappa shape index (κ3) is 4.75. The summed E-state index contributed by atoms with van der Waals surface area (Å²) in [4.78, 5) is 6.92. The fourth-order valence-electron chi connectivity index (χ4n) is 5.02. The smallest absolute Gasteiger partial charge is 0.152 e. The Morgan fingerprint density at radius 2 is 1.91 bits per heavy atom. The van der Waals surface area contributed by atoms with Gasteiger partial charge in [-0.3, -0.25) is 4.98 Å². The summed E-state index contributed by atoms with van der Waals surface area (Å²) >= 11 is 0. The average molecular weight is 475 g/mol. The number of halogens is 1. The third-order valence-corrected chi connectivity index (χ3v) is 6.87. The molecule has 35 heavy (non-hydrogen) atoms. The van der Waals surface area contributed by atoms with E-state index < -0.39 is 0 Å². The number of aromatic nitrogens is 5. The van der Waals surface area contributed by atoms with Crippen LogP contribution < -0.4 is 4.74 Å². The van der Waals surface area contributed by atoms with Crippen LogP contribution in [0.2, 0.25) is 0 Å². The van der Waals surface area contributed by atoms with Crippen molar-refractivity contribution in [1.82, 2.24) is 29.9 Å². The van der Waals surface area contributed by atoms with Gasteiger partial charge in [-0.2, -0.15) is 15.3 Å². The molecule has 0 saturated carbocycles. The first-order valence-corrected chi connectivity index (χ1v) is 12.3. The minimum Gasteiger partial charge on any atom is -0.494 e. The molecule has 4 aromatic rings. The molecule has 3 aromatic heterocycles. The summed E-state index contributed by atoms with van der Waals surface area (Å²) in [6.07, 6.45) is 4.80. The summed E-state index contributed by atoms with van der Waals surface area (Å²) in [5.74, 6) is 0.427. The van der Waals surface area contributed by atoms with Crippen LogP contribution in [-0.4, -0.2) is 56.1 Å². The number of pyridine rings is 1. The van der Waals surface area contributed by atoms with E-state index in [-0.39, 0.29) is 11.7 Å². The van der Waals surface area contributed by atoms with Crippen molar-refractivity contribution in [1.29, 1.82) is 0 Å². The SMILES string of the molecule is CCOc1ccc(-n2nc3c(C4CCN(CCc5ccccn5)CC4)nnc(C)c3c2C)c(F)c1. The van der Waals surface area contributed by atoms with Gasteiger partial charge in [0.05, 0.1) is 23.7 Å². The number of benzene rings is 1. The topological polar surface area (TPSA) is 69.0 Å². The van der Waals surface area contributed by atoms with Crippen LogP contribution in [0.15, 0.2) is 42.6 Å². The van der Waals surface area contributed by atoms with Gasteiger partial charge >= 0.3 is 0 Å². The molecule has 1 fully saturated rings. The van der Waals surface area contributed by atoms with Gasteiger partial charge in [0.15, 0.2) is 5.82 Å². The van der Waals surface area contributed by atoms with Crippen LogP contribution in [-0.2, 0) is 6.42 Å². The molecule has 1 aromatic carbocycles. The summed E-state index contributed by atoms with van der Waals surface area (Å²) in [6, 6.07) is 11.0. The highest BCUT2D eigenvalue weighted by Gasteiger charge is 2.27. The number of aryl methyl sites for hydroxylation is 2. The second kappa shape index (κ2) is 10.1. The maximum atomic E-state index is 15.0. The molecular formula is C27H31FN6O. The van der Waals surface area contributed by atoms with Crippen LogP contribution in [0.4, 0.5) is 4.39 Å². The molecule has 0 spiro atoms. The molecule has 1 saturated heterocycles. The highest BCUT2D eigenvalue weighted by atomic mass is 19.1. The Hall–Kier alpha value is -3.39. The van der Waals surface area contributed by atoms with Crippen molar-refractivity contribution < 1.29 is 9.13 Å². The van der Waals surface area contributed by atoms with Gasteiger partial charge in [0.2, 0.25) is 0 Å². The van der Waals surface area contributed by atoms with Crippen molar-refractivity contribution in [2.45, 2.75) is 46.0 Å². The number of rotatable bonds is 7. The molecule has 4 heterocycles. The van der Waals surface area contributed by atoms with Gasteiger partial charge in [0.25, 0.3) is 0 Å². The summed E-state index contributed by atoms with van der Waals surface area (Å²) in [5, 5.41) is 14.9. The van der Waals surface area contributed by atoms with E-state index in [0.29, 0.717) is 18.0 Å². The monoisotopic (exact) mass is 474 g/mol. The van der Waals surface area contributed by atoms with E-state index >= 15 is 0 Å². The van der Waals surface area contributed by atoms with Gasteiger partial charge in [-0.15, -0.1) is 0 Å². The first-order valence-electron chi connectivity index (χ1n) is 12.3. The van der Waals surface area contributed by atoms with E-state index in [2.05, 4.69) is 26.1 Å². The zero-order chi connectivity index (χ0) is 24.4. The molecule has 182 valence electrons. The maximum Gasteiger partial charge on any atom is 0.152 e. The number of hydrogen-bond donors (Lipinski definition) is 0. The second-order valence-corrected chi connectivity index (χ2v) is 9.12. The van der Waals surface area contributed by atoms with Gasteiger partial charge in [0, 0.05) is 42.2 Å². The fourth-order valence-corrected chi connectivity index (χ4v) is 5.02. The standard InChI is InChI=1S/C27H31FN6O/c1-4-35-22-8-9-24(23(28)17-22)34-19(3)25-18(2)30-31-26(27(25)32-34)20-10-14-33(15-11-20)16-12-21-7-5-6-13-29-21/h5-9,13,17,20H,4,10-12,14-16H2,1-3H3. The molecule has 0 aliphatic carbocycles. The Kier molecular flexibility index (Phi) is 6.72. The normalized spacial score (nSPS) is 15.1. The number of ether oxygens (including phenoxy) is 1. The van der Waals surface area contributed by atoms with Crippen LogP contribution in [0.3, 0.4) is 0 Å². The van der Waals surface area contributed by atoms with Crippen LogP contribution >= 0.6 is 0 Å². The first-order chi connectivity index (χ1) is 17.0. The predicted molar refractivity (Wildman–Crippen MR) is 134 cm³/mol. The van der Waals surface area contributed by atoms with Crippen molar-refractivity contribution in [3.05, 3.63) is 71.2 Å². The molecule has 0 unspecified atom stereocenters. The van der Waals surface area contributed by atoms with Crippen molar-refractivity contribution in [3.8, 4) is 11.4 Å². The lowest BCUT2D eigenvalue weighted by atomic mass is 9.92. The molecule has 1 aliphatic heterocycles. The Balaban J connectivity index is 1.38. The van der Waals surface area contributed by atoms with Gasteiger partial charge in [-0.1, -0.05) is 6.07 Å². The first kappa shape index (κ1) is 23.4. The van der Waals surface area contributed by atoms with Gasteiger partial charge in [-0.05, 0) is 71.0 Å². The van der Waals surface area contributed by atoms with E-state index in [1.54, 1.807) is 16.8 Å². The summed E-state index contributed by atoms with van der Waals surface area (Å²) < 4.78 is 22.1. The maximum absolute atomic E-state index is 15.0. The Morgan fingerprint density at radius 3 is 2.63 bits per heavy atom. The lowest BCUT2D eigenvalue weighted by molar-refractivity contribution is 0.212. The zero-order valence-corrected chi connectivity index (χ0v) is 20.5. The van der Waals surface area contributed by atoms with Crippen molar-refractivity contribution >= 4 is 10.9 Å². The summed E-state index contributed by atoms with van der Waals surface area (Å²) in [6.45, 7) is 9.28. The number of hydrogen-bond acceptors (Lipinski definition) is 6. The Labute approximate surface area is 205 Å². The highest BCUT2D eigenvalue weighted by molar-refractivity contribution is 5.86. The summed E-state index contributed by atoms with van der Waals surface area (Å²) in [5.41, 5.74) is 4.95. The molecule has 7 nitrogen and oxygen atoms in total. The predicted octanol–water partition coefficient (Wildman–Crippen LogP) is 4.79. The molecule has 0 amide bonds. The molecule has 0 bridgehead atoms. The number of nitrogens with zero attached hydrogens (tertiary/aromatic N) is 6. The van der Waals surface area contributed by atoms with E-state index in [0.717, 1.165) is 72.6 Å². The van der Waals surface area contributed by atoms with Crippen molar-refractivity contribution in [3.63, 3.8) is 0 Å². The third-order valence-electron chi connectivity index (χ3n) is 6.87. The summed E-state index contributed by atoms with van der Waals surface area (Å²) in [7, 11) is 0. The molecule has 0 N–H and O–H groups in total. The quantitative estimate of drug-likeness (QED) is 0.384. The second-order valence-electron chi connectivity index (χ2n) is 9.12. The molecule has 1 aliphatic rings. The lowest BCUT2D eigenvalue weighted by Crippen LogP contribution is -2.34. The van der Waals surface area contributed by atoms with Crippen LogP contribution in [0.25, 0.3) is 16.6 Å². The van der Waals surface area contributed by atoms with Gasteiger partial charge < -0.3 is 9.64 Å². The van der Waals surface area contributed by atoms with Crippen LogP contribution in [0.1, 0.15) is 48.5 Å². The fraction of sp³-hybridized carbons (Fsp3) is 0.407. The number of piperidine rings is 1. The van der Waals surface area contributed by atoms with Crippen LogP contribution in [0, 0.1) is 19.7 Å². The Bertz CT molecular complexity index is 1310. The average Bonchev–Trinajstić information content (AvgIpc) is 3.22. The van der Waals surface area contributed by atoms with E-state index in [4.69, 9.17) is 9.84 Å². The Morgan fingerprint density at radius 1 is 1.09 bits per heavy atom. The molecule has 0 radical (unpaired) electrons. The van der Waals surface area contributed by atoms with E-state index in [1.807, 2.05) is 39.1 Å². The lowest BCUT2D eigenvalue weighted by Gasteiger charge is -2.31.